The zero-order valence-electron chi connectivity index (χ0n) is 47.9. The lowest BCUT2D eigenvalue weighted by Crippen LogP contribution is -2.69. The molecule has 64 heteroatoms. The molecule has 632 valence electrons. The third-order valence-corrected chi connectivity index (χ3v) is 15.2. The number of halogens is 57. The highest BCUT2D eigenvalue weighted by molar-refractivity contribution is 7.79. The molecule has 0 aliphatic rings. The monoisotopic (exact) mass is 1760 g/mol. The molecule has 0 aromatic heterocycles. The molecule has 0 saturated heterocycles. The van der Waals surface area contributed by atoms with Gasteiger partial charge in [-0.05, 0) is 23.8 Å². The summed E-state index contributed by atoms with van der Waals surface area (Å²) >= 11 is 0. The Kier molecular flexibility index (Phi) is 24.3. The van der Waals surface area contributed by atoms with Gasteiger partial charge in [0.15, 0.2) is 0 Å². The van der Waals surface area contributed by atoms with Crippen molar-refractivity contribution in [3.8, 4) is 0 Å². The van der Waals surface area contributed by atoms with E-state index in [9.17, 15) is 211 Å². The second-order valence-electron chi connectivity index (χ2n) is 20.2. The molecule has 0 heterocycles. The Bertz CT molecular complexity index is 3260. The molecule has 0 radical (unpaired) electrons. The molecule has 0 N–H and O–H groups in total. The number of alkyl halides is 57. The fourth-order valence-electron chi connectivity index (χ4n) is 7.15. The van der Waals surface area contributed by atoms with Gasteiger partial charge in [0.05, 0.1) is 0 Å². The van der Waals surface area contributed by atoms with E-state index >= 15 is 39.5 Å². The van der Waals surface area contributed by atoms with E-state index in [-0.39, 0.29) is 0 Å². The average Bonchev–Trinajstić information content (AvgIpc) is 0.424. The molecule has 3 rings (SSSR count). The summed E-state index contributed by atoms with van der Waals surface area (Å²) in [6.45, 7) is 0. The van der Waals surface area contributed by atoms with Crippen molar-refractivity contribution < 1.29 is 279 Å². The van der Waals surface area contributed by atoms with Gasteiger partial charge in [-0.25, -0.2) is 0 Å². The minimum absolute atomic E-state index is 0.772. The lowest BCUT2D eigenvalue weighted by Gasteiger charge is -2.42. The third-order valence-electron chi connectivity index (χ3n) is 12.8. The molecule has 0 aliphatic heterocycles. The SMILES string of the molecule is FC(F)(F)C(F)(F)C(F)(F)OC(F)(C(F)(F)F)C(F)(F)OC(F)(C(F)(F)F)C(F)(F)c1ccc(P(c2ccc(C(F)(F)C(F)(OC(F)(F)C(F)(OC(F)(F)C(F)(F)C(F)(F)F)C(F)(F)F)C(F)(F)F)cc2)c2ccc(C(F)(F)C(F)(OC(F)(F)C(F)(OC(F)(F)C(F)(F)C(F)(F)F)C(F)(F)F)C(F)(F)F)cc2)cc1. The molecular formula is C45H12F57O6P. The summed E-state index contributed by atoms with van der Waals surface area (Å²) in [7, 11) is -4.34. The number of hydrogen-bond acceptors (Lipinski definition) is 6. The van der Waals surface area contributed by atoms with Crippen molar-refractivity contribution in [1.82, 2.24) is 0 Å². The van der Waals surface area contributed by atoms with E-state index in [1.807, 2.05) is 0 Å². The van der Waals surface area contributed by atoms with Gasteiger partial charge in [0.1, 0.15) is 0 Å². The smallest absolute Gasteiger partial charge is 0.264 e. The maximum atomic E-state index is 15.8. The summed E-state index contributed by atoms with van der Waals surface area (Å²) in [4.78, 5) is 0. The van der Waals surface area contributed by atoms with Gasteiger partial charge < -0.3 is 0 Å². The van der Waals surface area contributed by atoms with Crippen LogP contribution in [0, 0.1) is 0 Å². The highest BCUT2D eigenvalue weighted by Crippen LogP contribution is 2.65. The van der Waals surface area contributed by atoms with Crippen molar-refractivity contribution in [3.05, 3.63) is 89.5 Å². The van der Waals surface area contributed by atoms with Crippen LogP contribution in [0.2, 0.25) is 0 Å². The molecular weight excluding hydrogens is 1750 g/mol. The summed E-state index contributed by atoms with van der Waals surface area (Å²) in [5.41, 5.74) is -10.3. The fraction of sp³-hybridized carbons (Fsp3) is 0.600. The van der Waals surface area contributed by atoms with E-state index in [1.165, 1.54) is 14.2 Å². The van der Waals surface area contributed by atoms with Crippen molar-refractivity contribution in [1.29, 1.82) is 0 Å². The van der Waals surface area contributed by atoms with Crippen molar-refractivity contribution in [2.45, 2.75) is 163 Å². The Morgan fingerprint density at radius 1 is 0.156 bits per heavy atom. The van der Waals surface area contributed by atoms with Gasteiger partial charge >= 0.3 is 163 Å². The van der Waals surface area contributed by atoms with Crippen molar-refractivity contribution >= 4 is 23.8 Å². The molecule has 0 fully saturated rings. The van der Waals surface area contributed by atoms with E-state index < -0.39 is 276 Å². The summed E-state index contributed by atoms with van der Waals surface area (Å²) in [5, 5.41) is -5.44. The number of hydrogen-bond donors (Lipinski definition) is 0. The standard InChI is InChI=1S/C45H12F57O6P/c46-19(47,25(58,34(73,74)75)103-43(97,98)28(61,37(82,83)84)106-40(91,92)22(52,53)31(64,65)66)13-1-7-16(8-2-13)109(17-9-3-14(4-10-17)20(48,49)26(59,35(76,77)78)104-44(99,100)29(62,38(85,86)87)107-41(93,94)23(54,55)32(67,68)69)18-11-5-15(6-12-18)21(50,51)27(60,36(79,80)81)105-45(101,102)30(63,39(88,89)90)108-42(95,96)24(56,57)33(70,71)72/h1-12H. The molecule has 3 aromatic rings. The Hall–Kier alpha value is -6.14. The predicted molar refractivity (Wildman–Crippen MR) is 225 cm³/mol. The maximum Gasteiger partial charge on any atom is 0.462 e. The number of benzene rings is 3. The number of ether oxygens (including phenoxy) is 6. The van der Waals surface area contributed by atoms with Gasteiger partial charge in [0.25, 0.3) is 0 Å². The summed E-state index contributed by atoms with van der Waals surface area (Å²) in [5.74, 6) is -101. The largest absolute Gasteiger partial charge is 0.462 e. The second kappa shape index (κ2) is 27.3. The van der Waals surface area contributed by atoms with Crippen molar-refractivity contribution in [2.24, 2.45) is 0 Å². The topological polar surface area (TPSA) is 55.4 Å². The first-order valence-electron chi connectivity index (χ1n) is 24.6. The van der Waals surface area contributed by atoms with Gasteiger partial charge in [-0.2, -0.15) is 250 Å². The van der Waals surface area contributed by atoms with Crippen LogP contribution < -0.4 is 15.9 Å². The van der Waals surface area contributed by atoms with Crippen LogP contribution in [-0.2, 0) is 46.2 Å². The molecule has 3 aromatic carbocycles. The zero-order valence-corrected chi connectivity index (χ0v) is 48.8. The van der Waals surface area contributed by atoms with Gasteiger partial charge in [0, 0.05) is 16.7 Å². The Morgan fingerprint density at radius 3 is 0.404 bits per heavy atom. The molecule has 0 bridgehead atoms. The minimum atomic E-state index is -8.96. The zero-order chi connectivity index (χ0) is 87.3. The van der Waals surface area contributed by atoms with Gasteiger partial charge in [-0.3, -0.25) is 28.4 Å². The molecule has 0 amide bonds. The second-order valence-corrected chi connectivity index (χ2v) is 22.4. The number of rotatable bonds is 27. The van der Waals surface area contributed by atoms with Crippen molar-refractivity contribution in [3.63, 3.8) is 0 Å². The third kappa shape index (κ3) is 16.0. The Morgan fingerprint density at radius 2 is 0.284 bits per heavy atom. The minimum Gasteiger partial charge on any atom is -0.264 e. The normalized spacial score (nSPS) is 19.1. The van der Waals surface area contributed by atoms with Crippen molar-refractivity contribution in [2.75, 3.05) is 0 Å². The van der Waals surface area contributed by atoms with E-state index in [4.69, 9.17) is 0 Å². The molecule has 6 nitrogen and oxygen atoms in total. The fourth-order valence-corrected chi connectivity index (χ4v) is 9.39. The summed E-state index contributed by atoms with van der Waals surface area (Å²) in [6.07, 6.45) is -129. The van der Waals surface area contributed by atoms with Crippen LogP contribution in [0.5, 0.6) is 0 Å². The average molecular weight is 1760 g/mol. The van der Waals surface area contributed by atoms with Crippen LogP contribution in [0.15, 0.2) is 72.8 Å². The van der Waals surface area contributed by atoms with Crippen LogP contribution >= 0.6 is 7.92 Å². The highest BCUT2D eigenvalue weighted by Gasteiger charge is 2.91. The van der Waals surface area contributed by atoms with E-state index in [0.29, 0.717) is 0 Å². The first-order valence-corrected chi connectivity index (χ1v) is 25.9. The van der Waals surface area contributed by atoms with Gasteiger partial charge in [0.2, 0.25) is 0 Å². The summed E-state index contributed by atoms with van der Waals surface area (Å²) < 4.78 is 808. The first-order chi connectivity index (χ1) is 47.0. The van der Waals surface area contributed by atoms with Crippen LogP contribution in [-0.4, -0.2) is 145 Å². The van der Waals surface area contributed by atoms with Gasteiger partial charge in [-0.15, -0.1) is 0 Å². The van der Waals surface area contributed by atoms with Crippen LogP contribution in [0.4, 0.5) is 250 Å². The van der Waals surface area contributed by atoms with Crippen LogP contribution in [0.1, 0.15) is 16.7 Å². The molecule has 0 aliphatic carbocycles. The van der Waals surface area contributed by atoms with E-state index in [2.05, 4.69) is 0 Å². The molecule has 6 unspecified atom stereocenters. The maximum absolute atomic E-state index is 15.8. The van der Waals surface area contributed by atoms with E-state index in [0.717, 1.165) is 14.2 Å². The Labute approximate surface area is 555 Å². The quantitative estimate of drug-likeness (QED) is 0.0560. The van der Waals surface area contributed by atoms with E-state index in [1.54, 1.807) is 0 Å². The predicted octanol–water partition coefficient (Wildman–Crippen LogP) is 21.3. The molecule has 109 heavy (non-hydrogen) atoms. The highest BCUT2D eigenvalue weighted by atomic mass is 31.1. The Balaban J connectivity index is 2.58. The lowest BCUT2D eigenvalue weighted by atomic mass is 10.00. The molecule has 0 saturated carbocycles. The van der Waals surface area contributed by atoms with Crippen LogP contribution in [0.3, 0.4) is 0 Å². The van der Waals surface area contributed by atoms with Gasteiger partial charge in [-0.1, -0.05) is 72.8 Å². The summed E-state index contributed by atoms with van der Waals surface area (Å²) in [6, 6.07) is -12.0. The lowest BCUT2D eigenvalue weighted by molar-refractivity contribution is -0.562. The van der Waals surface area contributed by atoms with Crippen LogP contribution in [0.25, 0.3) is 0 Å². The molecule has 6 atom stereocenters. The molecule has 0 spiro atoms. The first kappa shape index (κ1) is 97.1.